The minimum absolute atomic E-state index is 0.140. The lowest BCUT2D eigenvalue weighted by Gasteiger charge is -2.01. The number of nitrogens with two attached hydrogens (primary N) is 1. The Labute approximate surface area is 98.3 Å². The van der Waals surface area contributed by atoms with Crippen molar-refractivity contribution >= 4 is 0 Å². The topological polar surface area (TPSA) is 90.7 Å². The van der Waals surface area contributed by atoms with Gasteiger partial charge in [-0.1, -0.05) is 5.16 Å². The van der Waals surface area contributed by atoms with Gasteiger partial charge in [-0.3, -0.25) is 0 Å². The van der Waals surface area contributed by atoms with Crippen LogP contribution in [-0.2, 0) is 0 Å². The van der Waals surface area contributed by atoms with Crippen LogP contribution in [0, 0.1) is 12.8 Å². The summed E-state index contributed by atoms with van der Waals surface area (Å²) in [7, 11) is 0. The van der Waals surface area contributed by atoms with Gasteiger partial charge in [0, 0.05) is 6.20 Å². The van der Waals surface area contributed by atoms with Crippen LogP contribution in [0.1, 0.15) is 30.6 Å². The SMILES string of the molecule is Cc1nccc(-c2noc(C(N)C3CC3)n2)n1. The van der Waals surface area contributed by atoms with Gasteiger partial charge in [-0.05, 0) is 31.7 Å². The molecule has 0 aliphatic heterocycles. The average molecular weight is 231 g/mol. The molecule has 2 heterocycles. The summed E-state index contributed by atoms with van der Waals surface area (Å²) >= 11 is 0. The summed E-state index contributed by atoms with van der Waals surface area (Å²) in [6.07, 6.45) is 3.96. The second-order valence-electron chi connectivity index (χ2n) is 4.31. The molecule has 2 aromatic rings. The van der Waals surface area contributed by atoms with E-state index in [2.05, 4.69) is 20.1 Å². The highest BCUT2D eigenvalue weighted by Gasteiger charge is 2.33. The zero-order valence-electron chi connectivity index (χ0n) is 9.50. The van der Waals surface area contributed by atoms with Crippen LogP contribution in [0.15, 0.2) is 16.8 Å². The van der Waals surface area contributed by atoms with E-state index in [9.17, 15) is 0 Å². The van der Waals surface area contributed by atoms with Crippen molar-refractivity contribution in [1.82, 2.24) is 20.1 Å². The van der Waals surface area contributed by atoms with Crippen LogP contribution in [-0.4, -0.2) is 20.1 Å². The fourth-order valence-corrected chi connectivity index (χ4v) is 1.71. The molecule has 1 unspecified atom stereocenters. The third kappa shape index (κ3) is 2.03. The van der Waals surface area contributed by atoms with Crippen molar-refractivity contribution in [2.24, 2.45) is 11.7 Å². The number of hydrogen-bond donors (Lipinski definition) is 1. The van der Waals surface area contributed by atoms with E-state index in [1.807, 2.05) is 6.92 Å². The monoisotopic (exact) mass is 231 g/mol. The first kappa shape index (κ1) is 10.3. The van der Waals surface area contributed by atoms with Crippen molar-refractivity contribution in [3.8, 4) is 11.5 Å². The maximum absolute atomic E-state index is 5.99. The summed E-state index contributed by atoms with van der Waals surface area (Å²) < 4.78 is 5.18. The van der Waals surface area contributed by atoms with Gasteiger partial charge in [-0.15, -0.1) is 0 Å². The van der Waals surface area contributed by atoms with E-state index in [0.717, 1.165) is 12.8 Å². The van der Waals surface area contributed by atoms with Gasteiger partial charge in [0.05, 0.1) is 6.04 Å². The molecule has 3 rings (SSSR count). The molecule has 0 radical (unpaired) electrons. The molecule has 0 spiro atoms. The van der Waals surface area contributed by atoms with Gasteiger partial charge in [0.2, 0.25) is 11.7 Å². The summed E-state index contributed by atoms with van der Waals surface area (Å²) in [5.74, 6) is 2.15. The average Bonchev–Trinajstić information content (AvgIpc) is 3.05. The van der Waals surface area contributed by atoms with E-state index in [-0.39, 0.29) is 6.04 Å². The van der Waals surface area contributed by atoms with E-state index >= 15 is 0 Å². The Bertz CT molecular complexity index is 534. The predicted molar refractivity (Wildman–Crippen MR) is 59.7 cm³/mol. The highest BCUT2D eigenvalue weighted by atomic mass is 16.5. The second kappa shape index (κ2) is 3.89. The molecule has 2 N–H and O–H groups in total. The van der Waals surface area contributed by atoms with E-state index in [1.54, 1.807) is 12.3 Å². The lowest BCUT2D eigenvalue weighted by atomic mass is 10.2. The Morgan fingerprint density at radius 1 is 1.41 bits per heavy atom. The standard InChI is InChI=1S/C11H13N5O/c1-6-13-5-4-8(14-6)10-15-11(17-16-10)9(12)7-2-3-7/h4-5,7,9H,2-3,12H2,1H3. The molecule has 1 aliphatic carbocycles. The first-order chi connectivity index (χ1) is 8.24. The summed E-state index contributed by atoms with van der Waals surface area (Å²) in [4.78, 5) is 12.6. The molecule has 0 aromatic carbocycles. The Hall–Kier alpha value is -1.82. The van der Waals surface area contributed by atoms with Gasteiger partial charge in [-0.2, -0.15) is 4.98 Å². The molecule has 17 heavy (non-hydrogen) atoms. The van der Waals surface area contributed by atoms with E-state index in [1.165, 1.54) is 0 Å². The minimum atomic E-state index is -0.140. The van der Waals surface area contributed by atoms with Crippen LogP contribution in [0.5, 0.6) is 0 Å². The maximum atomic E-state index is 5.99. The summed E-state index contributed by atoms with van der Waals surface area (Å²) in [6, 6.07) is 1.61. The molecule has 1 aliphatic rings. The van der Waals surface area contributed by atoms with Crippen molar-refractivity contribution in [3.63, 3.8) is 0 Å². The Kier molecular flexibility index (Phi) is 2.36. The first-order valence-corrected chi connectivity index (χ1v) is 5.63. The fraction of sp³-hybridized carbons (Fsp3) is 0.455. The normalized spacial score (nSPS) is 17.1. The van der Waals surface area contributed by atoms with E-state index < -0.39 is 0 Å². The quantitative estimate of drug-likeness (QED) is 0.854. The van der Waals surface area contributed by atoms with E-state index in [0.29, 0.717) is 29.2 Å². The molecule has 1 saturated carbocycles. The van der Waals surface area contributed by atoms with Crippen LogP contribution in [0.4, 0.5) is 0 Å². The molecule has 0 bridgehead atoms. The molecule has 6 heteroatoms. The fourth-order valence-electron chi connectivity index (χ4n) is 1.71. The minimum Gasteiger partial charge on any atom is -0.337 e. The maximum Gasteiger partial charge on any atom is 0.244 e. The van der Waals surface area contributed by atoms with Gasteiger partial charge in [0.15, 0.2) is 0 Å². The van der Waals surface area contributed by atoms with Crippen molar-refractivity contribution in [2.45, 2.75) is 25.8 Å². The van der Waals surface area contributed by atoms with Crippen molar-refractivity contribution in [2.75, 3.05) is 0 Å². The van der Waals surface area contributed by atoms with E-state index in [4.69, 9.17) is 10.3 Å². The van der Waals surface area contributed by atoms with Crippen molar-refractivity contribution in [3.05, 3.63) is 24.0 Å². The van der Waals surface area contributed by atoms with Gasteiger partial charge in [-0.25, -0.2) is 9.97 Å². The highest BCUT2D eigenvalue weighted by Crippen LogP contribution is 2.39. The van der Waals surface area contributed by atoms with Crippen LogP contribution < -0.4 is 5.73 Å². The largest absolute Gasteiger partial charge is 0.337 e. The van der Waals surface area contributed by atoms with Crippen LogP contribution in [0.2, 0.25) is 0 Å². The molecule has 0 amide bonds. The molecule has 1 fully saturated rings. The molecule has 0 saturated heterocycles. The highest BCUT2D eigenvalue weighted by molar-refractivity contribution is 5.47. The zero-order valence-corrected chi connectivity index (χ0v) is 9.50. The molecular formula is C11H13N5O. The molecule has 2 aromatic heterocycles. The summed E-state index contributed by atoms with van der Waals surface area (Å²) in [6.45, 7) is 1.82. The Morgan fingerprint density at radius 2 is 2.24 bits per heavy atom. The first-order valence-electron chi connectivity index (χ1n) is 5.63. The number of rotatable bonds is 3. The summed E-state index contributed by atoms with van der Waals surface area (Å²) in [5.41, 5.74) is 6.66. The number of nitrogens with zero attached hydrogens (tertiary/aromatic N) is 4. The van der Waals surface area contributed by atoms with Crippen molar-refractivity contribution in [1.29, 1.82) is 0 Å². The number of aryl methyl sites for hydroxylation is 1. The van der Waals surface area contributed by atoms with Crippen LogP contribution in [0.3, 0.4) is 0 Å². The third-order valence-corrected chi connectivity index (χ3v) is 2.86. The van der Waals surface area contributed by atoms with Crippen LogP contribution >= 0.6 is 0 Å². The van der Waals surface area contributed by atoms with Gasteiger partial charge in [0.1, 0.15) is 11.5 Å². The zero-order chi connectivity index (χ0) is 11.8. The Morgan fingerprint density at radius 3 is 2.94 bits per heavy atom. The lowest BCUT2D eigenvalue weighted by Crippen LogP contribution is -2.12. The number of hydrogen-bond acceptors (Lipinski definition) is 6. The van der Waals surface area contributed by atoms with Crippen molar-refractivity contribution < 1.29 is 4.52 Å². The predicted octanol–water partition coefficient (Wildman–Crippen LogP) is 1.24. The second-order valence-corrected chi connectivity index (χ2v) is 4.31. The Balaban J connectivity index is 1.89. The molecule has 88 valence electrons. The van der Waals surface area contributed by atoms with Gasteiger partial charge >= 0.3 is 0 Å². The van der Waals surface area contributed by atoms with Gasteiger partial charge in [0.25, 0.3) is 0 Å². The van der Waals surface area contributed by atoms with Gasteiger partial charge < -0.3 is 10.3 Å². The summed E-state index contributed by atoms with van der Waals surface area (Å²) in [5, 5.41) is 3.90. The lowest BCUT2D eigenvalue weighted by molar-refractivity contribution is 0.343. The van der Waals surface area contributed by atoms with Crippen LogP contribution in [0.25, 0.3) is 11.5 Å². The smallest absolute Gasteiger partial charge is 0.244 e. The molecule has 1 atom stereocenters. The molecule has 6 nitrogen and oxygen atoms in total. The molecular weight excluding hydrogens is 218 g/mol. The number of aromatic nitrogens is 4. The third-order valence-electron chi connectivity index (χ3n) is 2.86.